The Morgan fingerprint density at radius 3 is 2.72 bits per heavy atom. The number of nitrogens with one attached hydrogen (secondary N) is 2. The number of carbonyl (C=O) groups is 1. The van der Waals surface area contributed by atoms with Crippen LogP contribution in [-0.4, -0.2) is 39.5 Å². The lowest BCUT2D eigenvalue weighted by Gasteiger charge is -2.33. The van der Waals surface area contributed by atoms with E-state index in [2.05, 4.69) is 15.3 Å². The van der Waals surface area contributed by atoms with Crippen LogP contribution in [0, 0.1) is 5.82 Å². The standard InChI is InChI=1S/C23H22F4N4O/c24-16-8-6-15(7-9-16)13-29-17-3-1-4-18(11-17)31(14-23(25,26)27)22(32)21-12-20-19(30-21)5-2-10-28-20/h2,5-12,18,29-30H,1,3-4,13-14H2/t18-/m0/s1. The van der Waals surface area contributed by atoms with Gasteiger partial charge in [0.15, 0.2) is 0 Å². The van der Waals surface area contributed by atoms with Gasteiger partial charge in [-0.05, 0) is 61.2 Å². The molecule has 1 aliphatic carbocycles. The molecule has 2 heterocycles. The summed E-state index contributed by atoms with van der Waals surface area (Å²) < 4.78 is 53.1. The van der Waals surface area contributed by atoms with Crippen molar-refractivity contribution in [2.24, 2.45) is 0 Å². The first-order valence-electron chi connectivity index (χ1n) is 10.3. The van der Waals surface area contributed by atoms with E-state index >= 15 is 0 Å². The second-order valence-corrected chi connectivity index (χ2v) is 7.80. The Balaban J connectivity index is 1.55. The van der Waals surface area contributed by atoms with Gasteiger partial charge in [0.05, 0.1) is 17.1 Å². The van der Waals surface area contributed by atoms with Crippen LogP contribution in [0.2, 0.25) is 0 Å². The molecule has 32 heavy (non-hydrogen) atoms. The highest BCUT2D eigenvalue weighted by molar-refractivity contribution is 5.97. The van der Waals surface area contributed by atoms with Crippen molar-refractivity contribution in [2.45, 2.75) is 38.0 Å². The number of nitrogens with zero attached hydrogens (tertiary/aromatic N) is 2. The summed E-state index contributed by atoms with van der Waals surface area (Å²) in [7, 11) is 0. The number of alkyl halides is 3. The molecule has 0 radical (unpaired) electrons. The normalized spacial score (nSPS) is 16.6. The van der Waals surface area contributed by atoms with Crippen molar-refractivity contribution in [3.8, 4) is 0 Å². The van der Waals surface area contributed by atoms with Gasteiger partial charge in [-0.1, -0.05) is 12.1 Å². The van der Waals surface area contributed by atoms with Crippen LogP contribution in [0.15, 0.2) is 60.4 Å². The second kappa shape index (κ2) is 9.02. The first-order chi connectivity index (χ1) is 15.3. The average molecular weight is 446 g/mol. The number of halogens is 4. The van der Waals surface area contributed by atoms with Crippen LogP contribution >= 0.6 is 0 Å². The van der Waals surface area contributed by atoms with Gasteiger partial charge in [-0.15, -0.1) is 0 Å². The highest BCUT2D eigenvalue weighted by atomic mass is 19.4. The molecule has 168 valence electrons. The van der Waals surface area contributed by atoms with Gasteiger partial charge in [0.2, 0.25) is 0 Å². The van der Waals surface area contributed by atoms with E-state index in [1.54, 1.807) is 36.5 Å². The van der Waals surface area contributed by atoms with E-state index in [-0.39, 0.29) is 11.5 Å². The van der Waals surface area contributed by atoms with Crippen LogP contribution in [-0.2, 0) is 6.54 Å². The van der Waals surface area contributed by atoms with Crippen LogP contribution in [0.3, 0.4) is 0 Å². The molecule has 0 spiro atoms. The van der Waals surface area contributed by atoms with E-state index in [9.17, 15) is 22.4 Å². The zero-order valence-electron chi connectivity index (χ0n) is 17.1. The summed E-state index contributed by atoms with van der Waals surface area (Å²) in [6.45, 7) is -0.930. The Hall–Kier alpha value is -3.36. The van der Waals surface area contributed by atoms with Crippen molar-refractivity contribution in [1.29, 1.82) is 0 Å². The van der Waals surface area contributed by atoms with Crippen molar-refractivity contribution in [3.63, 3.8) is 0 Å². The van der Waals surface area contributed by atoms with Gasteiger partial charge in [0.25, 0.3) is 5.91 Å². The van der Waals surface area contributed by atoms with E-state index in [0.29, 0.717) is 36.8 Å². The Morgan fingerprint density at radius 1 is 1.22 bits per heavy atom. The molecule has 0 aliphatic heterocycles. The third-order valence-electron chi connectivity index (χ3n) is 5.40. The minimum absolute atomic E-state index is 0.0720. The first kappa shape index (κ1) is 21.9. The second-order valence-electron chi connectivity index (χ2n) is 7.80. The van der Waals surface area contributed by atoms with E-state index in [1.807, 2.05) is 0 Å². The van der Waals surface area contributed by atoms with Gasteiger partial charge >= 0.3 is 6.18 Å². The third kappa shape index (κ3) is 5.27. The number of allylic oxidation sites excluding steroid dienone is 1. The van der Waals surface area contributed by atoms with Crippen molar-refractivity contribution >= 4 is 16.9 Å². The molecule has 3 aromatic rings. The van der Waals surface area contributed by atoms with Gasteiger partial charge < -0.3 is 15.2 Å². The van der Waals surface area contributed by atoms with Gasteiger partial charge in [-0.2, -0.15) is 13.2 Å². The van der Waals surface area contributed by atoms with Gasteiger partial charge in [0, 0.05) is 18.4 Å². The highest BCUT2D eigenvalue weighted by Gasteiger charge is 2.37. The van der Waals surface area contributed by atoms with Crippen LogP contribution in [0.1, 0.15) is 35.3 Å². The molecule has 0 bridgehead atoms. The smallest absolute Gasteiger partial charge is 0.384 e. The average Bonchev–Trinajstić information content (AvgIpc) is 3.21. The number of aromatic amines is 1. The fourth-order valence-electron chi connectivity index (χ4n) is 3.87. The fourth-order valence-corrected chi connectivity index (χ4v) is 3.87. The number of carbonyl (C=O) groups excluding carboxylic acids is 1. The van der Waals surface area contributed by atoms with Crippen molar-refractivity contribution in [2.75, 3.05) is 6.54 Å². The molecule has 1 atom stereocenters. The number of aromatic nitrogens is 2. The number of fused-ring (bicyclic) bond motifs is 1. The number of pyridine rings is 1. The Morgan fingerprint density at radius 2 is 2.00 bits per heavy atom. The molecule has 0 saturated carbocycles. The SMILES string of the molecule is O=C(c1cc2ncccc2[nH]1)N(CC(F)(F)F)[C@@H]1C=C(NCc2ccc(F)cc2)CCC1. The Bertz CT molecular complexity index is 1090. The maximum absolute atomic E-state index is 13.4. The summed E-state index contributed by atoms with van der Waals surface area (Å²) in [6, 6.07) is 10.2. The van der Waals surface area contributed by atoms with E-state index < -0.39 is 24.7 Å². The molecule has 0 saturated heterocycles. The minimum atomic E-state index is -4.53. The number of amides is 1. The molecular weight excluding hydrogens is 424 g/mol. The van der Waals surface area contributed by atoms with E-state index in [0.717, 1.165) is 16.2 Å². The molecule has 1 aromatic carbocycles. The molecule has 0 unspecified atom stereocenters. The molecular formula is C23H22F4N4O. The summed E-state index contributed by atoms with van der Waals surface area (Å²) in [5, 5.41) is 3.21. The third-order valence-corrected chi connectivity index (χ3v) is 5.40. The largest absolute Gasteiger partial charge is 0.406 e. The molecule has 1 aliphatic rings. The Labute approximate surface area is 182 Å². The number of H-pyrrole nitrogens is 1. The summed E-state index contributed by atoms with van der Waals surface area (Å²) >= 11 is 0. The molecule has 2 aromatic heterocycles. The number of rotatable bonds is 6. The van der Waals surface area contributed by atoms with Gasteiger partial charge in [-0.3, -0.25) is 9.78 Å². The number of benzene rings is 1. The quantitative estimate of drug-likeness (QED) is 0.528. The van der Waals surface area contributed by atoms with Crippen LogP contribution in [0.25, 0.3) is 11.0 Å². The lowest BCUT2D eigenvalue weighted by atomic mass is 9.98. The zero-order valence-corrected chi connectivity index (χ0v) is 17.1. The van der Waals surface area contributed by atoms with Crippen LogP contribution in [0.4, 0.5) is 17.6 Å². The first-order valence-corrected chi connectivity index (χ1v) is 10.3. The lowest BCUT2D eigenvalue weighted by molar-refractivity contribution is -0.143. The monoisotopic (exact) mass is 446 g/mol. The van der Waals surface area contributed by atoms with Crippen LogP contribution in [0.5, 0.6) is 0 Å². The molecule has 4 rings (SSSR count). The fraction of sp³-hybridized carbons (Fsp3) is 0.304. The number of hydrogen-bond donors (Lipinski definition) is 2. The molecule has 0 fully saturated rings. The topological polar surface area (TPSA) is 61.0 Å². The summed E-state index contributed by atoms with van der Waals surface area (Å²) in [4.78, 5) is 21.0. The van der Waals surface area contributed by atoms with Gasteiger partial charge in [-0.25, -0.2) is 4.39 Å². The maximum atomic E-state index is 13.4. The predicted molar refractivity (Wildman–Crippen MR) is 112 cm³/mol. The molecule has 5 nitrogen and oxygen atoms in total. The van der Waals surface area contributed by atoms with Crippen molar-refractivity contribution in [3.05, 3.63) is 77.5 Å². The molecule has 1 amide bonds. The lowest BCUT2D eigenvalue weighted by Crippen LogP contribution is -2.46. The molecule has 2 N–H and O–H groups in total. The maximum Gasteiger partial charge on any atom is 0.406 e. The zero-order chi connectivity index (χ0) is 22.7. The number of hydrogen-bond acceptors (Lipinski definition) is 3. The van der Waals surface area contributed by atoms with Crippen LogP contribution < -0.4 is 5.32 Å². The van der Waals surface area contributed by atoms with Gasteiger partial charge in [0.1, 0.15) is 18.1 Å². The van der Waals surface area contributed by atoms with E-state index in [4.69, 9.17) is 0 Å². The predicted octanol–water partition coefficient (Wildman–Crippen LogP) is 4.93. The Kier molecular flexibility index (Phi) is 6.16. The minimum Gasteiger partial charge on any atom is -0.384 e. The highest BCUT2D eigenvalue weighted by Crippen LogP contribution is 2.27. The summed E-state index contributed by atoms with van der Waals surface area (Å²) in [5.74, 6) is -1.06. The van der Waals surface area contributed by atoms with Crippen molar-refractivity contribution in [1.82, 2.24) is 20.2 Å². The van der Waals surface area contributed by atoms with E-state index in [1.165, 1.54) is 18.2 Å². The summed E-state index contributed by atoms with van der Waals surface area (Å²) in [6.07, 6.45) is 0.457. The molecule has 9 heteroatoms. The van der Waals surface area contributed by atoms with Crippen molar-refractivity contribution < 1.29 is 22.4 Å². The summed E-state index contributed by atoms with van der Waals surface area (Å²) in [5.41, 5.74) is 2.79.